The molecule has 3 aromatic rings. The van der Waals surface area contributed by atoms with Crippen LogP contribution < -0.4 is 5.56 Å². The van der Waals surface area contributed by atoms with Gasteiger partial charge in [0.2, 0.25) is 0 Å². The second-order valence-electron chi connectivity index (χ2n) is 7.54. The van der Waals surface area contributed by atoms with Crippen molar-refractivity contribution in [1.29, 1.82) is 0 Å². The van der Waals surface area contributed by atoms with E-state index in [1.165, 1.54) is 35.2 Å². The predicted octanol–water partition coefficient (Wildman–Crippen LogP) is 5.03. The Morgan fingerprint density at radius 2 is 1.93 bits per heavy atom. The van der Waals surface area contributed by atoms with Gasteiger partial charge in [0.15, 0.2) is 5.16 Å². The van der Waals surface area contributed by atoms with E-state index in [4.69, 9.17) is 4.74 Å². The monoisotopic (exact) mass is 434 g/mol. The molecule has 154 valence electrons. The van der Waals surface area contributed by atoms with Gasteiger partial charge in [0.05, 0.1) is 11.1 Å². The summed E-state index contributed by atoms with van der Waals surface area (Å²) in [5.41, 5.74) is 0.848. The number of hydrogen-bond acceptors (Lipinski definition) is 6. The molecule has 5 nitrogen and oxygen atoms in total. The van der Waals surface area contributed by atoms with E-state index in [-0.39, 0.29) is 23.1 Å². The lowest BCUT2D eigenvalue weighted by Crippen LogP contribution is -2.26. The smallest absolute Gasteiger partial charge is 0.316 e. The molecule has 0 unspecified atom stereocenters. The number of thiophene rings is 1. The number of rotatable bonds is 5. The van der Waals surface area contributed by atoms with Crippen LogP contribution in [0.4, 0.5) is 4.39 Å². The molecule has 1 aromatic carbocycles. The molecular formula is C21H23FN2O3S2. The number of hydrogen-bond donors (Lipinski definition) is 0. The molecule has 0 atom stereocenters. The molecule has 0 saturated heterocycles. The van der Waals surface area contributed by atoms with Crippen molar-refractivity contribution in [2.45, 2.75) is 51.9 Å². The highest BCUT2D eigenvalue weighted by Gasteiger charge is 2.21. The Labute approximate surface area is 176 Å². The van der Waals surface area contributed by atoms with E-state index in [1.807, 2.05) is 34.6 Å². The SMILES string of the molecule is CCn1c(SCC(=O)OC(C)(C)C)nc2sc(C)c(-c3ccc(F)cc3)c2c1=O. The number of carbonyl (C=O) groups is 1. The molecule has 0 bridgehead atoms. The molecule has 0 radical (unpaired) electrons. The van der Waals surface area contributed by atoms with E-state index in [0.717, 1.165) is 16.0 Å². The summed E-state index contributed by atoms with van der Waals surface area (Å²) in [5, 5.41) is 1.02. The third kappa shape index (κ3) is 4.70. The molecule has 0 amide bonds. The van der Waals surface area contributed by atoms with Crippen LogP contribution in [0.1, 0.15) is 32.6 Å². The standard InChI is InChI=1S/C21H23FN2O3S2/c1-6-24-19(26)17-16(13-7-9-14(22)10-8-13)12(2)29-18(17)23-20(24)28-11-15(25)27-21(3,4)5/h7-10H,6,11H2,1-5H3. The minimum Gasteiger partial charge on any atom is -0.459 e. The van der Waals surface area contributed by atoms with Gasteiger partial charge >= 0.3 is 5.97 Å². The average molecular weight is 435 g/mol. The van der Waals surface area contributed by atoms with E-state index in [2.05, 4.69) is 4.98 Å². The van der Waals surface area contributed by atoms with E-state index >= 15 is 0 Å². The van der Waals surface area contributed by atoms with Crippen molar-refractivity contribution in [3.63, 3.8) is 0 Å². The summed E-state index contributed by atoms with van der Waals surface area (Å²) in [6.07, 6.45) is 0. The zero-order valence-corrected chi connectivity index (χ0v) is 18.7. The van der Waals surface area contributed by atoms with Crippen LogP contribution in [-0.2, 0) is 16.1 Å². The number of carbonyl (C=O) groups excluding carboxylic acids is 1. The topological polar surface area (TPSA) is 61.2 Å². The number of thioether (sulfide) groups is 1. The highest BCUT2D eigenvalue weighted by Crippen LogP contribution is 2.36. The molecule has 0 aliphatic heterocycles. The fourth-order valence-electron chi connectivity index (χ4n) is 3.02. The molecule has 0 spiro atoms. The van der Waals surface area contributed by atoms with E-state index in [9.17, 15) is 14.0 Å². The molecule has 29 heavy (non-hydrogen) atoms. The van der Waals surface area contributed by atoms with E-state index in [0.29, 0.717) is 21.9 Å². The molecule has 2 aromatic heterocycles. The van der Waals surface area contributed by atoms with Crippen LogP contribution in [0.5, 0.6) is 0 Å². The number of ether oxygens (including phenoxy) is 1. The van der Waals surface area contributed by atoms with Gasteiger partial charge in [-0.25, -0.2) is 9.37 Å². The van der Waals surface area contributed by atoms with Crippen molar-refractivity contribution in [3.05, 3.63) is 45.3 Å². The fraction of sp³-hybridized carbons (Fsp3) is 0.381. The maximum atomic E-state index is 13.3. The van der Waals surface area contributed by atoms with Gasteiger partial charge in [0, 0.05) is 17.0 Å². The maximum Gasteiger partial charge on any atom is 0.316 e. The van der Waals surface area contributed by atoms with Crippen molar-refractivity contribution < 1.29 is 13.9 Å². The van der Waals surface area contributed by atoms with E-state index in [1.54, 1.807) is 16.7 Å². The minimum absolute atomic E-state index is 0.0738. The molecule has 0 fully saturated rings. The summed E-state index contributed by atoms with van der Waals surface area (Å²) in [7, 11) is 0. The number of halogens is 1. The van der Waals surface area contributed by atoms with Gasteiger partial charge in [-0.05, 0) is 52.3 Å². The Balaban J connectivity index is 2.04. The lowest BCUT2D eigenvalue weighted by molar-refractivity contribution is -0.151. The Morgan fingerprint density at radius 1 is 1.28 bits per heavy atom. The maximum absolute atomic E-state index is 13.3. The summed E-state index contributed by atoms with van der Waals surface area (Å²) in [6.45, 7) is 9.65. The predicted molar refractivity (Wildman–Crippen MR) is 116 cm³/mol. The molecular weight excluding hydrogens is 411 g/mol. The Bertz CT molecular complexity index is 1110. The number of aromatic nitrogens is 2. The second-order valence-corrected chi connectivity index (χ2v) is 9.68. The molecule has 8 heteroatoms. The van der Waals surface area contributed by atoms with Crippen LogP contribution in [0.15, 0.2) is 34.2 Å². The first-order valence-electron chi connectivity index (χ1n) is 9.25. The van der Waals surface area contributed by atoms with Crippen LogP contribution in [-0.4, -0.2) is 26.9 Å². The first kappa shape index (κ1) is 21.5. The van der Waals surface area contributed by atoms with Gasteiger partial charge < -0.3 is 4.74 Å². The minimum atomic E-state index is -0.561. The number of nitrogens with zero attached hydrogens (tertiary/aromatic N) is 2. The van der Waals surface area contributed by atoms with Crippen molar-refractivity contribution in [1.82, 2.24) is 9.55 Å². The Hall–Kier alpha value is -2.19. The summed E-state index contributed by atoms with van der Waals surface area (Å²) in [5.74, 6) is -0.602. The van der Waals surface area contributed by atoms with Crippen molar-refractivity contribution in [2.24, 2.45) is 0 Å². The van der Waals surface area contributed by atoms with E-state index < -0.39 is 5.60 Å². The van der Waals surface area contributed by atoms with Gasteiger partial charge in [-0.2, -0.15) is 0 Å². The zero-order valence-electron chi connectivity index (χ0n) is 17.0. The highest BCUT2D eigenvalue weighted by atomic mass is 32.2. The largest absolute Gasteiger partial charge is 0.459 e. The highest BCUT2D eigenvalue weighted by molar-refractivity contribution is 7.99. The normalized spacial score (nSPS) is 11.8. The molecule has 3 rings (SSSR count). The summed E-state index contributed by atoms with van der Waals surface area (Å²) < 4.78 is 20.2. The molecule has 0 saturated carbocycles. The molecule has 0 N–H and O–H groups in total. The lowest BCUT2D eigenvalue weighted by atomic mass is 10.0. The number of esters is 1. The third-order valence-electron chi connectivity index (χ3n) is 4.14. The summed E-state index contributed by atoms with van der Waals surface area (Å²) >= 11 is 2.62. The quantitative estimate of drug-likeness (QED) is 0.320. The van der Waals surface area contributed by atoms with Gasteiger partial charge in [-0.1, -0.05) is 23.9 Å². The van der Waals surface area contributed by atoms with Crippen LogP contribution in [0, 0.1) is 12.7 Å². The third-order valence-corrected chi connectivity index (χ3v) is 6.09. The lowest BCUT2D eigenvalue weighted by Gasteiger charge is -2.19. The summed E-state index contributed by atoms with van der Waals surface area (Å²) in [6, 6.07) is 6.11. The van der Waals surface area contributed by atoms with Crippen LogP contribution >= 0.6 is 23.1 Å². The Kier molecular flexibility index (Phi) is 6.14. The first-order valence-corrected chi connectivity index (χ1v) is 11.1. The molecule has 2 heterocycles. The Morgan fingerprint density at radius 3 is 2.52 bits per heavy atom. The molecule has 0 aliphatic carbocycles. The van der Waals surface area contributed by atoms with Crippen LogP contribution in [0.25, 0.3) is 21.3 Å². The fourth-order valence-corrected chi connectivity index (χ4v) is 4.95. The summed E-state index contributed by atoms with van der Waals surface area (Å²) in [4.78, 5) is 31.5. The van der Waals surface area contributed by atoms with Crippen LogP contribution in [0.3, 0.4) is 0 Å². The van der Waals surface area contributed by atoms with Gasteiger partial charge in [0.25, 0.3) is 5.56 Å². The van der Waals surface area contributed by atoms with Gasteiger partial charge in [-0.15, -0.1) is 11.3 Å². The van der Waals surface area contributed by atoms with Crippen molar-refractivity contribution in [3.8, 4) is 11.1 Å². The first-order chi connectivity index (χ1) is 13.6. The number of aryl methyl sites for hydroxylation is 1. The second kappa shape index (κ2) is 8.28. The van der Waals surface area contributed by atoms with Gasteiger partial charge in [-0.3, -0.25) is 14.2 Å². The number of fused-ring (bicyclic) bond motifs is 1. The van der Waals surface area contributed by atoms with Crippen LogP contribution in [0.2, 0.25) is 0 Å². The molecule has 0 aliphatic rings. The van der Waals surface area contributed by atoms with Crippen molar-refractivity contribution in [2.75, 3.05) is 5.75 Å². The van der Waals surface area contributed by atoms with Gasteiger partial charge in [0.1, 0.15) is 16.2 Å². The average Bonchev–Trinajstić information content (AvgIpc) is 2.95. The number of benzene rings is 1. The van der Waals surface area contributed by atoms with Crippen molar-refractivity contribution >= 4 is 39.3 Å². The zero-order chi connectivity index (χ0) is 21.3.